The molecular weight excluding hydrogens is 388 g/mol. The number of fused-ring (bicyclic) bond motifs is 1. The Morgan fingerprint density at radius 3 is 2.76 bits per heavy atom. The van der Waals surface area contributed by atoms with Gasteiger partial charge >= 0.3 is 5.97 Å². The molecule has 0 aliphatic heterocycles. The molecule has 1 aliphatic rings. The maximum Gasteiger partial charge on any atom is 0.338 e. The van der Waals surface area contributed by atoms with E-state index in [0.29, 0.717) is 22.5 Å². The number of hydrogen-bond acceptors (Lipinski definition) is 6. The Morgan fingerprint density at radius 2 is 1.97 bits per heavy atom. The summed E-state index contributed by atoms with van der Waals surface area (Å²) in [6.07, 6.45) is 2.29. The van der Waals surface area contributed by atoms with Crippen molar-refractivity contribution in [2.75, 3.05) is 6.61 Å². The minimum Gasteiger partial charge on any atom is -0.452 e. The molecule has 1 fully saturated rings. The second-order valence-corrected chi connectivity index (χ2v) is 8.09. The van der Waals surface area contributed by atoms with Crippen molar-refractivity contribution in [2.24, 2.45) is 5.92 Å². The van der Waals surface area contributed by atoms with Crippen molar-refractivity contribution in [3.8, 4) is 0 Å². The highest BCUT2D eigenvalue weighted by molar-refractivity contribution is 7.98. The summed E-state index contributed by atoms with van der Waals surface area (Å²) in [6.45, 7) is 1.71. The summed E-state index contributed by atoms with van der Waals surface area (Å²) >= 11 is 1.41. The van der Waals surface area contributed by atoms with Gasteiger partial charge in [0.1, 0.15) is 5.52 Å². The standard InChI is InChI=1S/C22H22N2O4S/c1-14(15-10-11-15)23-20(25)12-27-21(26)17-7-3-2-6-16(17)13-29-22-24-18-8-4-5-9-19(18)28-22/h2-9,14-15H,10-13H2,1H3,(H,23,25)/t14-/m0/s1. The van der Waals surface area contributed by atoms with Gasteiger partial charge in [0.25, 0.3) is 11.1 Å². The number of aromatic nitrogens is 1. The van der Waals surface area contributed by atoms with Gasteiger partial charge in [-0.15, -0.1) is 0 Å². The van der Waals surface area contributed by atoms with Gasteiger partial charge in [0.05, 0.1) is 5.56 Å². The molecule has 0 spiro atoms. The van der Waals surface area contributed by atoms with E-state index < -0.39 is 5.97 Å². The molecule has 1 aromatic heterocycles. The summed E-state index contributed by atoms with van der Waals surface area (Å²) in [4.78, 5) is 28.9. The van der Waals surface area contributed by atoms with Crippen LogP contribution in [-0.4, -0.2) is 29.5 Å². The van der Waals surface area contributed by atoms with Crippen LogP contribution in [0.15, 0.2) is 58.2 Å². The molecule has 0 bridgehead atoms. The minimum atomic E-state index is -0.506. The van der Waals surface area contributed by atoms with E-state index in [2.05, 4.69) is 10.3 Å². The Morgan fingerprint density at radius 1 is 1.21 bits per heavy atom. The van der Waals surface area contributed by atoms with Crippen LogP contribution in [0.4, 0.5) is 0 Å². The molecule has 6 nitrogen and oxygen atoms in total. The number of carbonyl (C=O) groups is 2. The average molecular weight is 410 g/mol. The Bertz CT molecular complexity index is 995. The predicted octanol–water partition coefficient (Wildman–Crippen LogP) is 4.19. The summed E-state index contributed by atoms with van der Waals surface area (Å²) in [5.41, 5.74) is 2.78. The van der Waals surface area contributed by atoms with Crippen molar-refractivity contribution in [1.82, 2.24) is 10.3 Å². The molecule has 1 aliphatic carbocycles. The number of benzene rings is 2. The third-order valence-corrected chi connectivity index (χ3v) is 5.79. The van der Waals surface area contributed by atoms with Crippen molar-refractivity contribution >= 4 is 34.7 Å². The van der Waals surface area contributed by atoms with E-state index >= 15 is 0 Å². The van der Waals surface area contributed by atoms with E-state index in [0.717, 1.165) is 29.5 Å². The Labute approximate surface area is 173 Å². The fourth-order valence-electron chi connectivity index (χ4n) is 3.12. The van der Waals surface area contributed by atoms with Gasteiger partial charge in [0.15, 0.2) is 12.2 Å². The number of amides is 1. The largest absolute Gasteiger partial charge is 0.452 e. The number of para-hydroxylation sites is 2. The highest BCUT2D eigenvalue weighted by Gasteiger charge is 2.29. The zero-order chi connectivity index (χ0) is 20.2. The molecule has 0 radical (unpaired) electrons. The molecule has 150 valence electrons. The van der Waals surface area contributed by atoms with Crippen molar-refractivity contribution in [3.05, 3.63) is 59.7 Å². The highest BCUT2D eigenvalue weighted by Crippen LogP contribution is 2.32. The van der Waals surface area contributed by atoms with Crippen molar-refractivity contribution in [1.29, 1.82) is 0 Å². The summed E-state index contributed by atoms with van der Waals surface area (Å²) in [7, 11) is 0. The number of thioether (sulfide) groups is 1. The van der Waals surface area contributed by atoms with E-state index in [9.17, 15) is 9.59 Å². The van der Waals surface area contributed by atoms with Crippen LogP contribution >= 0.6 is 11.8 Å². The van der Waals surface area contributed by atoms with Crippen LogP contribution < -0.4 is 5.32 Å². The number of nitrogens with one attached hydrogen (secondary N) is 1. The first-order chi connectivity index (χ1) is 14.1. The normalized spacial score (nSPS) is 14.5. The molecule has 1 saturated carbocycles. The van der Waals surface area contributed by atoms with Gasteiger partial charge in [-0.2, -0.15) is 0 Å². The van der Waals surface area contributed by atoms with E-state index in [1.54, 1.807) is 12.1 Å². The lowest BCUT2D eigenvalue weighted by Gasteiger charge is -2.13. The predicted molar refractivity (Wildman–Crippen MR) is 111 cm³/mol. The summed E-state index contributed by atoms with van der Waals surface area (Å²) in [5.74, 6) is 0.284. The SMILES string of the molecule is C[C@H](NC(=O)COC(=O)c1ccccc1CSc1nc2ccccc2o1)C1CC1. The van der Waals surface area contributed by atoms with Gasteiger partial charge < -0.3 is 14.5 Å². The maximum atomic E-state index is 12.5. The number of oxazole rings is 1. The lowest BCUT2D eigenvalue weighted by atomic mass is 10.1. The number of hydrogen-bond donors (Lipinski definition) is 1. The topological polar surface area (TPSA) is 81.4 Å². The molecule has 7 heteroatoms. The fourth-order valence-corrected chi connectivity index (χ4v) is 3.96. The molecule has 0 unspecified atom stereocenters. The quantitative estimate of drug-likeness (QED) is 0.443. The van der Waals surface area contributed by atoms with Gasteiger partial charge in [-0.25, -0.2) is 9.78 Å². The van der Waals surface area contributed by atoms with Crippen LogP contribution in [-0.2, 0) is 15.3 Å². The zero-order valence-electron chi connectivity index (χ0n) is 16.1. The number of nitrogens with zero attached hydrogens (tertiary/aromatic N) is 1. The second kappa shape index (κ2) is 8.69. The van der Waals surface area contributed by atoms with E-state index in [1.165, 1.54) is 11.8 Å². The Kier molecular flexibility index (Phi) is 5.85. The van der Waals surface area contributed by atoms with Crippen LogP contribution in [0, 0.1) is 5.92 Å². The smallest absolute Gasteiger partial charge is 0.338 e. The van der Waals surface area contributed by atoms with Gasteiger partial charge in [-0.3, -0.25) is 4.79 Å². The summed E-state index contributed by atoms with van der Waals surface area (Å²) in [6, 6.07) is 14.9. The fraction of sp³-hybridized carbons (Fsp3) is 0.318. The number of carbonyl (C=O) groups excluding carboxylic acids is 2. The van der Waals surface area contributed by atoms with Crippen LogP contribution in [0.5, 0.6) is 0 Å². The first-order valence-corrected chi connectivity index (χ1v) is 10.6. The van der Waals surface area contributed by atoms with Gasteiger partial charge in [-0.1, -0.05) is 42.1 Å². The third kappa shape index (κ3) is 4.98. The first kappa shape index (κ1) is 19.5. The van der Waals surface area contributed by atoms with Crippen LogP contribution in [0.3, 0.4) is 0 Å². The maximum absolute atomic E-state index is 12.5. The number of rotatable bonds is 8. The van der Waals surface area contributed by atoms with Crippen LogP contribution in [0.25, 0.3) is 11.1 Å². The number of esters is 1. The van der Waals surface area contributed by atoms with Crippen molar-refractivity contribution < 1.29 is 18.7 Å². The molecule has 1 atom stereocenters. The van der Waals surface area contributed by atoms with Crippen molar-refractivity contribution in [3.63, 3.8) is 0 Å². The molecular formula is C22H22N2O4S. The summed E-state index contributed by atoms with van der Waals surface area (Å²) in [5, 5.41) is 3.43. The first-order valence-electron chi connectivity index (χ1n) is 9.63. The molecule has 1 amide bonds. The van der Waals surface area contributed by atoms with Gasteiger partial charge in [0.2, 0.25) is 0 Å². The van der Waals surface area contributed by atoms with Gasteiger partial charge in [0, 0.05) is 11.8 Å². The van der Waals surface area contributed by atoms with Crippen LogP contribution in [0.2, 0.25) is 0 Å². The lowest BCUT2D eigenvalue weighted by Crippen LogP contribution is -2.37. The molecule has 1 heterocycles. The molecule has 1 N–H and O–H groups in total. The number of ether oxygens (including phenoxy) is 1. The van der Waals surface area contributed by atoms with Gasteiger partial charge in [-0.05, 0) is 49.4 Å². The molecule has 29 heavy (non-hydrogen) atoms. The third-order valence-electron chi connectivity index (χ3n) is 4.91. The average Bonchev–Trinajstić information content (AvgIpc) is 3.50. The van der Waals surface area contributed by atoms with E-state index in [4.69, 9.17) is 9.15 Å². The second-order valence-electron chi connectivity index (χ2n) is 7.16. The molecule has 2 aromatic carbocycles. The van der Waals surface area contributed by atoms with E-state index in [-0.39, 0.29) is 18.6 Å². The van der Waals surface area contributed by atoms with E-state index in [1.807, 2.05) is 43.3 Å². The zero-order valence-corrected chi connectivity index (χ0v) is 16.9. The Balaban J connectivity index is 1.35. The minimum absolute atomic E-state index is 0.126. The highest BCUT2D eigenvalue weighted by atomic mass is 32.2. The monoisotopic (exact) mass is 410 g/mol. The molecule has 0 saturated heterocycles. The Hall–Kier alpha value is -2.80. The molecule has 4 rings (SSSR count). The van der Waals surface area contributed by atoms with Crippen molar-refractivity contribution in [2.45, 2.75) is 36.8 Å². The summed E-state index contributed by atoms with van der Waals surface area (Å²) < 4.78 is 10.9. The molecule has 3 aromatic rings. The lowest BCUT2D eigenvalue weighted by molar-refractivity contribution is -0.124. The van der Waals surface area contributed by atoms with Crippen LogP contribution in [0.1, 0.15) is 35.7 Å².